The van der Waals surface area contributed by atoms with Gasteiger partial charge in [0, 0.05) is 10.8 Å². The normalized spacial score (nSPS) is 10.8. The minimum Gasteiger partial charge on any atom is -0.225 e. The molecule has 0 radical (unpaired) electrons. The van der Waals surface area contributed by atoms with Crippen molar-refractivity contribution in [2.75, 3.05) is 0 Å². The molecule has 12 heavy (non-hydrogen) atoms. The Balaban J connectivity index is 0. The van der Waals surface area contributed by atoms with Crippen molar-refractivity contribution in [3.05, 3.63) is 24.0 Å². The molecule has 0 aliphatic rings. The van der Waals surface area contributed by atoms with Gasteiger partial charge in [0.15, 0.2) is 0 Å². The van der Waals surface area contributed by atoms with E-state index in [4.69, 9.17) is 0 Å². The van der Waals surface area contributed by atoms with E-state index in [-0.39, 0.29) is 0 Å². The van der Waals surface area contributed by atoms with Gasteiger partial charge >= 0.3 is 0 Å². The van der Waals surface area contributed by atoms with Crippen molar-refractivity contribution in [3.63, 3.8) is 0 Å². The molecule has 0 aliphatic carbocycles. The summed E-state index contributed by atoms with van der Waals surface area (Å²) in [7, 11) is -6.80. The maximum Gasteiger partial charge on any atom is 0.230 e. The molecule has 0 aromatic carbocycles. The quantitative estimate of drug-likeness (QED) is 0.602. The number of hydrogen-bond donors (Lipinski definition) is 2. The average molecular weight is 214 g/mol. The zero-order valence-corrected chi connectivity index (χ0v) is 7.81. The first-order valence-electron chi connectivity index (χ1n) is 2.43. The molecule has 0 fully saturated rings. The fourth-order valence-corrected chi connectivity index (χ4v) is 0. The summed E-state index contributed by atoms with van der Waals surface area (Å²) in [5, 5.41) is 10.2. The first-order chi connectivity index (χ1) is 5.12. The van der Waals surface area contributed by atoms with E-state index in [0.29, 0.717) is 10.8 Å². The predicted octanol–water partition coefficient (Wildman–Crippen LogP) is -1.16. The highest BCUT2D eigenvalue weighted by Gasteiger charge is 1.85. The lowest BCUT2D eigenvalue weighted by molar-refractivity contribution is 0.604. The summed E-state index contributed by atoms with van der Waals surface area (Å²) in [6, 6.07) is 0. The van der Waals surface area contributed by atoms with Crippen molar-refractivity contribution in [1.29, 1.82) is 0 Å². The average Bonchev–Trinajstić information content (AvgIpc) is 1.86. The highest BCUT2D eigenvalue weighted by Crippen LogP contribution is 1.70. The third-order valence-electron chi connectivity index (χ3n) is 0.465. The van der Waals surface area contributed by atoms with Crippen molar-refractivity contribution < 1.29 is 16.8 Å². The van der Waals surface area contributed by atoms with Crippen LogP contribution in [-0.4, -0.2) is 16.8 Å². The lowest BCUT2D eigenvalue weighted by Gasteiger charge is -1.75. The van der Waals surface area contributed by atoms with Crippen molar-refractivity contribution in [3.8, 4) is 0 Å². The van der Waals surface area contributed by atoms with E-state index < -0.39 is 20.0 Å². The van der Waals surface area contributed by atoms with Crippen LogP contribution in [0, 0.1) is 0 Å². The molecule has 0 amide bonds. The smallest absolute Gasteiger partial charge is 0.225 e. The lowest BCUT2D eigenvalue weighted by Crippen LogP contribution is -2.05. The van der Waals surface area contributed by atoms with Crippen LogP contribution in [0.15, 0.2) is 24.0 Å². The van der Waals surface area contributed by atoms with Gasteiger partial charge < -0.3 is 0 Å². The second kappa shape index (κ2) is 5.04. The molecule has 0 aromatic rings. The molecule has 8 heteroatoms. The maximum absolute atomic E-state index is 9.66. The summed E-state index contributed by atoms with van der Waals surface area (Å²) in [6.45, 7) is 5.84. The van der Waals surface area contributed by atoms with E-state index in [1.807, 2.05) is 0 Å². The number of hydrogen-bond acceptors (Lipinski definition) is 4. The topological polar surface area (TPSA) is 120 Å². The molecule has 0 aromatic heterocycles. The lowest BCUT2D eigenvalue weighted by atomic mass is 11.3. The van der Waals surface area contributed by atoms with Crippen molar-refractivity contribution in [1.82, 2.24) is 0 Å². The second-order valence-electron chi connectivity index (χ2n) is 1.51. The zero-order chi connectivity index (χ0) is 10.4. The molecular weight excluding hydrogens is 204 g/mol. The van der Waals surface area contributed by atoms with Crippen LogP contribution < -0.4 is 10.3 Å². The monoisotopic (exact) mass is 214 g/mol. The van der Waals surface area contributed by atoms with Crippen LogP contribution in [0.1, 0.15) is 0 Å². The van der Waals surface area contributed by atoms with Crippen molar-refractivity contribution >= 4 is 20.0 Å². The molecule has 0 spiro atoms. The number of nitrogens with two attached hydrogens (primary N) is 2. The van der Waals surface area contributed by atoms with Crippen molar-refractivity contribution in [2.24, 2.45) is 10.3 Å². The van der Waals surface area contributed by atoms with Gasteiger partial charge in [-0.2, -0.15) is 0 Å². The molecule has 0 rings (SSSR count). The summed E-state index contributed by atoms with van der Waals surface area (Å²) >= 11 is 0. The van der Waals surface area contributed by atoms with Crippen LogP contribution in [0.2, 0.25) is 0 Å². The molecule has 0 bridgehead atoms. The van der Waals surface area contributed by atoms with E-state index in [1.165, 1.54) is 0 Å². The fraction of sp³-hybridized carbons (Fsp3) is 0. The van der Waals surface area contributed by atoms with E-state index in [2.05, 4.69) is 23.4 Å². The van der Waals surface area contributed by atoms with Gasteiger partial charge in [-0.25, -0.2) is 27.1 Å². The maximum atomic E-state index is 9.66. The molecule has 0 heterocycles. The number of rotatable bonds is 2. The Hall–Kier alpha value is -0.700. The van der Waals surface area contributed by atoms with Crippen LogP contribution in [0.4, 0.5) is 0 Å². The van der Waals surface area contributed by atoms with Crippen LogP contribution in [0.3, 0.4) is 0 Å². The highest BCUT2D eigenvalue weighted by atomic mass is 32.2. The molecule has 72 valence electrons. The van der Waals surface area contributed by atoms with Gasteiger partial charge in [0.25, 0.3) is 0 Å². The molecule has 0 aliphatic heterocycles. The number of sulfonamides is 2. The Labute approximate surface area is 71.7 Å². The molecule has 0 unspecified atom stereocenters. The summed E-state index contributed by atoms with van der Waals surface area (Å²) in [5.41, 5.74) is 0. The largest absolute Gasteiger partial charge is 0.230 e. The van der Waals surface area contributed by atoms with Crippen LogP contribution in [0.5, 0.6) is 0 Å². The second-order valence-corrected chi connectivity index (χ2v) is 4.53. The first-order valence-corrected chi connectivity index (χ1v) is 5.64. The molecule has 0 saturated carbocycles. The SMILES string of the molecule is C=CS(N)(=O)=O.C=CS(N)(=O)=O. The first kappa shape index (κ1) is 13.9. The Morgan fingerprint density at radius 3 is 0.917 bits per heavy atom. The van der Waals surface area contributed by atoms with Gasteiger partial charge in [0.1, 0.15) is 0 Å². The molecular formula is C4H10N2O4S2. The van der Waals surface area contributed by atoms with Gasteiger partial charge in [-0.1, -0.05) is 13.2 Å². The summed E-state index contributed by atoms with van der Waals surface area (Å²) in [6.07, 6.45) is 0. The third kappa shape index (κ3) is 22.8. The zero-order valence-electron chi connectivity index (χ0n) is 6.17. The van der Waals surface area contributed by atoms with Gasteiger partial charge in [-0.3, -0.25) is 0 Å². The van der Waals surface area contributed by atoms with Crippen LogP contribution >= 0.6 is 0 Å². The van der Waals surface area contributed by atoms with Gasteiger partial charge in [0.05, 0.1) is 0 Å². The Bertz CT molecular complexity index is 280. The molecule has 4 N–H and O–H groups in total. The van der Waals surface area contributed by atoms with E-state index in [1.54, 1.807) is 0 Å². The summed E-state index contributed by atoms with van der Waals surface area (Å²) in [4.78, 5) is 0. The summed E-state index contributed by atoms with van der Waals surface area (Å²) in [5.74, 6) is 0. The fourth-order valence-electron chi connectivity index (χ4n) is 0. The highest BCUT2D eigenvalue weighted by molar-refractivity contribution is 7.92. The van der Waals surface area contributed by atoms with E-state index >= 15 is 0 Å². The standard InChI is InChI=1S/2C2H5NO2S/c2*1-2-6(3,4)5/h2*2H,1H2,(H2,3,4,5). The van der Waals surface area contributed by atoms with Gasteiger partial charge in [-0.15, -0.1) is 0 Å². The minimum atomic E-state index is -3.40. The molecule has 0 saturated heterocycles. The van der Waals surface area contributed by atoms with E-state index in [0.717, 1.165) is 0 Å². The molecule has 0 atom stereocenters. The van der Waals surface area contributed by atoms with Crippen LogP contribution in [-0.2, 0) is 20.0 Å². The Morgan fingerprint density at radius 1 is 0.833 bits per heavy atom. The molecule has 6 nitrogen and oxygen atoms in total. The van der Waals surface area contributed by atoms with Gasteiger partial charge in [-0.05, 0) is 0 Å². The Kier molecular flexibility index (Phi) is 5.82. The van der Waals surface area contributed by atoms with Crippen LogP contribution in [0.25, 0.3) is 0 Å². The number of primary sulfonamides is 2. The summed E-state index contributed by atoms with van der Waals surface area (Å²) < 4.78 is 38.6. The Morgan fingerprint density at radius 2 is 0.917 bits per heavy atom. The third-order valence-corrected chi connectivity index (χ3v) is 1.39. The van der Waals surface area contributed by atoms with E-state index in [9.17, 15) is 16.8 Å². The minimum absolute atomic E-state index is 0.688. The van der Waals surface area contributed by atoms with Gasteiger partial charge in [0.2, 0.25) is 20.0 Å². The van der Waals surface area contributed by atoms with Crippen molar-refractivity contribution in [2.45, 2.75) is 0 Å². The predicted molar refractivity (Wildman–Crippen MR) is 46.6 cm³/mol.